The second-order valence-electron chi connectivity index (χ2n) is 9.73. The minimum Gasteiger partial charge on any atom is -0.508 e. The third-order valence-electron chi connectivity index (χ3n) is 7.04. The normalized spacial score (nSPS) is 17.1. The van der Waals surface area contributed by atoms with Crippen molar-refractivity contribution in [1.82, 2.24) is 25.1 Å². The molecule has 9 nitrogen and oxygen atoms in total. The number of aromatic hydroxyl groups is 1. The van der Waals surface area contributed by atoms with E-state index in [2.05, 4.69) is 5.32 Å². The third-order valence-corrected chi connectivity index (χ3v) is 7.27. The summed E-state index contributed by atoms with van der Waals surface area (Å²) in [6.07, 6.45) is 0.0957. The highest BCUT2D eigenvalue weighted by Gasteiger charge is 2.45. The van der Waals surface area contributed by atoms with Crippen LogP contribution < -0.4 is 5.32 Å². The van der Waals surface area contributed by atoms with Crippen LogP contribution in [0.1, 0.15) is 23.6 Å². The van der Waals surface area contributed by atoms with E-state index in [9.17, 15) is 19.5 Å². The van der Waals surface area contributed by atoms with Crippen LogP contribution in [0.25, 0.3) is 0 Å². The maximum Gasteiger partial charge on any atom is 0.334 e. The molecule has 0 aromatic heterocycles. The first-order valence-corrected chi connectivity index (χ1v) is 13.5. The van der Waals surface area contributed by atoms with Gasteiger partial charge in [0.25, 0.3) is 0 Å². The lowest BCUT2D eigenvalue weighted by molar-refractivity contribution is -0.165. The van der Waals surface area contributed by atoms with Crippen molar-refractivity contribution in [2.45, 2.75) is 38.6 Å². The van der Waals surface area contributed by atoms with E-state index < -0.39 is 12.2 Å². The van der Waals surface area contributed by atoms with E-state index in [1.807, 2.05) is 49.4 Å². The van der Waals surface area contributed by atoms with Crippen LogP contribution in [0.2, 0.25) is 5.02 Å². The summed E-state index contributed by atoms with van der Waals surface area (Å²) in [4.78, 5) is 43.2. The first-order chi connectivity index (χ1) is 19.3. The largest absolute Gasteiger partial charge is 0.508 e. The Morgan fingerprint density at radius 1 is 1.05 bits per heavy atom. The number of amides is 4. The monoisotopic (exact) mass is 563 g/mol. The Morgan fingerprint density at radius 2 is 1.75 bits per heavy atom. The summed E-state index contributed by atoms with van der Waals surface area (Å²) in [7, 11) is 1.78. The second kappa shape index (κ2) is 13.3. The summed E-state index contributed by atoms with van der Waals surface area (Å²) < 4.78 is 0. The second-order valence-corrected chi connectivity index (χ2v) is 10.2. The van der Waals surface area contributed by atoms with Gasteiger partial charge in [0.1, 0.15) is 18.0 Å². The smallest absolute Gasteiger partial charge is 0.334 e. The fourth-order valence-electron chi connectivity index (χ4n) is 4.85. The molecule has 1 saturated heterocycles. The van der Waals surface area contributed by atoms with Crippen LogP contribution in [0.5, 0.6) is 5.75 Å². The molecule has 1 heterocycles. The van der Waals surface area contributed by atoms with E-state index in [1.54, 1.807) is 53.4 Å². The van der Waals surface area contributed by atoms with Crippen molar-refractivity contribution < 1.29 is 19.5 Å². The summed E-state index contributed by atoms with van der Waals surface area (Å²) in [6, 6.07) is 22.1. The Morgan fingerprint density at radius 3 is 2.40 bits per heavy atom. The number of carbonyl (C=O) groups excluding carboxylic acids is 3. The van der Waals surface area contributed by atoms with E-state index in [4.69, 9.17) is 11.6 Å². The number of hydrogen-bond donors (Lipinski definition) is 2. The summed E-state index contributed by atoms with van der Waals surface area (Å²) >= 11 is 6.21. The molecule has 3 aromatic carbocycles. The molecule has 4 amide bonds. The fraction of sp³-hybridized carbons (Fsp3) is 0.300. The lowest BCUT2D eigenvalue weighted by Gasteiger charge is -2.50. The first kappa shape index (κ1) is 28.9. The molecule has 1 aliphatic heterocycles. The van der Waals surface area contributed by atoms with Gasteiger partial charge in [0.05, 0.1) is 6.54 Å². The highest BCUT2D eigenvalue weighted by molar-refractivity contribution is 6.30. The van der Waals surface area contributed by atoms with Gasteiger partial charge in [-0.05, 0) is 41.0 Å². The number of rotatable bonds is 10. The van der Waals surface area contributed by atoms with Crippen molar-refractivity contribution in [3.63, 3.8) is 0 Å². The summed E-state index contributed by atoms with van der Waals surface area (Å²) in [6.45, 7) is 3.09. The zero-order chi connectivity index (χ0) is 28.6. The Hall–Kier alpha value is -4.08. The number of urea groups is 1. The number of phenolic OH excluding ortho intramolecular Hbond substituents is 1. The highest BCUT2D eigenvalue weighted by atomic mass is 35.5. The number of carbonyl (C=O) groups is 3. The lowest BCUT2D eigenvalue weighted by Crippen LogP contribution is -2.70. The van der Waals surface area contributed by atoms with Crippen LogP contribution in [-0.4, -0.2) is 75.6 Å². The van der Waals surface area contributed by atoms with Gasteiger partial charge in [-0.2, -0.15) is 0 Å². The molecule has 1 fully saturated rings. The van der Waals surface area contributed by atoms with Crippen molar-refractivity contribution >= 4 is 29.9 Å². The fourth-order valence-corrected chi connectivity index (χ4v) is 5.06. The Labute approximate surface area is 239 Å². The Kier molecular flexibility index (Phi) is 9.63. The molecule has 0 bridgehead atoms. The van der Waals surface area contributed by atoms with Crippen molar-refractivity contribution in [1.29, 1.82) is 0 Å². The van der Waals surface area contributed by atoms with Gasteiger partial charge in [0, 0.05) is 38.1 Å². The predicted molar refractivity (Wildman–Crippen MR) is 153 cm³/mol. The number of nitrogens with one attached hydrogen (secondary N) is 1. The summed E-state index contributed by atoms with van der Waals surface area (Å²) in [5, 5.41) is 16.5. The van der Waals surface area contributed by atoms with Gasteiger partial charge in [0.15, 0.2) is 0 Å². The van der Waals surface area contributed by atoms with Gasteiger partial charge in [-0.15, -0.1) is 0 Å². The van der Waals surface area contributed by atoms with Crippen LogP contribution in [0.4, 0.5) is 4.79 Å². The highest BCUT2D eigenvalue weighted by Crippen LogP contribution is 2.26. The van der Waals surface area contributed by atoms with E-state index in [1.165, 1.54) is 9.91 Å². The Bertz CT molecular complexity index is 1310. The van der Waals surface area contributed by atoms with E-state index >= 15 is 0 Å². The minimum atomic E-state index is -0.866. The maximum absolute atomic E-state index is 13.9. The first-order valence-electron chi connectivity index (χ1n) is 13.2. The molecule has 0 radical (unpaired) electrons. The molecule has 0 aliphatic carbocycles. The molecule has 0 spiro atoms. The average Bonchev–Trinajstić information content (AvgIpc) is 2.96. The molecule has 4 rings (SSSR count). The van der Waals surface area contributed by atoms with Crippen molar-refractivity contribution in [2.75, 3.05) is 20.1 Å². The molecule has 0 saturated carbocycles. The molecule has 1 aliphatic rings. The zero-order valence-electron chi connectivity index (χ0n) is 22.6. The van der Waals surface area contributed by atoms with Crippen LogP contribution in [0, 0.1) is 0 Å². The van der Waals surface area contributed by atoms with Crippen LogP contribution in [0.3, 0.4) is 0 Å². The Balaban J connectivity index is 1.68. The molecular weight excluding hydrogens is 530 g/mol. The molecule has 210 valence electrons. The summed E-state index contributed by atoms with van der Waals surface area (Å²) in [5.74, 6) is -0.127. The van der Waals surface area contributed by atoms with Crippen molar-refractivity contribution in [3.05, 3.63) is 101 Å². The van der Waals surface area contributed by atoms with Crippen LogP contribution in [-0.2, 0) is 29.1 Å². The minimum absolute atomic E-state index is 0.109. The van der Waals surface area contributed by atoms with Crippen molar-refractivity contribution in [2.24, 2.45) is 0 Å². The van der Waals surface area contributed by atoms with Crippen LogP contribution >= 0.6 is 11.6 Å². The third kappa shape index (κ3) is 6.91. The predicted octanol–water partition coefficient (Wildman–Crippen LogP) is 3.86. The SMILES string of the molecule is CCN(C)N(C(=O)NCc1ccccc1)C1CN(Cc2cccc(Cl)c2)C(=O)[C@H](Cc2ccc(O)cc2)N1C=O. The maximum atomic E-state index is 13.9. The molecule has 3 aromatic rings. The van der Waals surface area contributed by atoms with Gasteiger partial charge < -0.3 is 20.2 Å². The molecular formula is C30H34ClN5O4. The summed E-state index contributed by atoms with van der Waals surface area (Å²) in [5.41, 5.74) is 2.55. The molecule has 2 atom stereocenters. The van der Waals surface area contributed by atoms with E-state index in [-0.39, 0.29) is 37.2 Å². The number of hydrazine groups is 1. The van der Waals surface area contributed by atoms with Crippen LogP contribution in [0.15, 0.2) is 78.9 Å². The average molecular weight is 564 g/mol. The van der Waals surface area contributed by atoms with Gasteiger partial charge in [-0.3, -0.25) is 9.59 Å². The van der Waals surface area contributed by atoms with Gasteiger partial charge in [0.2, 0.25) is 12.3 Å². The number of halogens is 1. The van der Waals surface area contributed by atoms with E-state index in [0.717, 1.165) is 16.7 Å². The topological polar surface area (TPSA) is 96.4 Å². The molecule has 10 heteroatoms. The number of phenols is 1. The standard InChI is InChI=1S/C30H34ClN5O4/c1-3-33(2)36(30(40)32-18-23-8-5-4-6-9-23)28-20-34(19-24-10-7-11-25(31)16-24)29(39)27(35(28)21-37)17-22-12-14-26(38)15-13-22/h4-16,21,27-28,38H,3,17-20H2,1-2H3,(H,32,40)/t27-,28?/m0/s1. The lowest BCUT2D eigenvalue weighted by atomic mass is 9.99. The van der Waals surface area contributed by atoms with Crippen molar-refractivity contribution in [3.8, 4) is 5.75 Å². The van der Waals surface area contributed by atoms with E-state index in [0.29, 0.717) is 24.5 Å². The zero-order valence-corrected chi connectivity index (χ0v) is 23.4. The number of hydrogen-bond acceptors (Lipinski definition) is 5. The molecule has 40 heavy (non-hydrogen) atoms. The molecule has 1 unspecified atom stereocenters. The van der Waals surface area contributed by atoms with Gasteiger partial charge in [-0.1, -0.05) is 73.1 Å². The quantitative estimate of drug-likeness (QED) is 0.288. The van der Waals surface area contributed by atoms with Gasteiger partial charge >= 0.3 is 6.03 Å². The number of nitrogens with zero attached hydrogens (tertiary/aromatic N) is 4. The molecule has 2 N–H and O–H groups in total. The number of piperazine rings is 1. The number of benzene rings is 3. The van der Waals surface area contributed by atoms with Gasteiger partial charge in [-0.25, -0.2) is 14.8 Å².